The first-order valence-corrected chi connectivity index (χ1v) is 7.10. The van der Waals surface area contributed by atoms with E-state index < -0.39 is 5.97 Å². The van der Waals surface area contributed by atoms with Crippen molar-refractivity contribution in [3.8, 4) is 0 Å². The summed E-state index contributed by atoms with van der Waals surface area (Å²) in [6, 6.07) is 0.536. The molecule has 102 valence electrons. The molecule has 0 amide bonds. The smallest absolute Gasteiger partial charge is 0.306 e. The number of rotatable bonds is 5. The lowest BCUT2D eigenvalue weighted by Crippen LogP contribution is -2.22. The standard InChI is InChI=1S/C8H16O2.C6H13N/c1-3-5-6-7(4-2)8(9)10;7-6-4-2-1-3-5-6/h7H,3-6H2,1-2H3,(H,9,10);6H,1-5,7H2. The minimum absolute atomic E-state index is 0.111. The lowest BCUT2D eigenvalue weighted by molar-refractivity contribution is -0.142. The average Bonchev–Trinajstić information content (AvgIpc) is 2.31. The predicted molar refractivity (Wildman–Crippen MR) is 72.0 cm³/mol. The fourth-order valence-electron chi connectivity index (χ4n) is 2.09. The molecule has 0 aromatic heterocycles. The van der Waals surface area contributed by atoms with E-state index in [2.05, 4.69) is 6.92 Å². The van der Waals surface area contributed by atoms with Crippen LogP contribution in [0, 0.1) is 5.92 Å². The third kappa shape index (κ3) is 9.16. The summed E-state index contributed by atoms with van der Waals surface area (Å²) in [5.74, 6) is -0.754. The van der Waals surface area contributed by atoms with Gasteiger partial charge in [0.15, 0.2) is 0 Å². The summed E-state index contributed by atoms with van der Waals surface area (Å²) < 4.78 is 0. The normalized spacial score (nSPS) is 18.1. The summed E-state index contributed by atoms with van der Waals surface area (Å²) in [6.45, 7) is 4.00. The van der Waals surface area contributed by atoms with E-state index in [4.69, 9.17) is 10.8 Å². The zero-order chi connectivity index (χ0) is 13.1. The second-order valence-corrected chi connectivity index (χ2v) is 4.98. The third-order valence-electron chi connectivity index (χ3n) is 3.40. The number of nitrogens with two attached hydrogens (primary N) is 1. The van der Waals surface area contributed by atoms with Crippen LogP contribution in [0.15, 0.2) is 0 Å². The monoisotopic (exact) mass is 243 g/mol. The Hall–Kier alpha value is -0.570. The SMILES string of the molecule is CCCCC(CC)C(=O)O.NC1CCCCC1. The molecule has 0 bridgehead atoms. The van der Waals surface area contributed by atoms with Gasteiger partial charge in [-0.1, -0.05) is 46.0 Å². The van der Waals surface area contributed by atoms with E-state index in [-0.39, 0.29) is 5.92 Å². The molecular weight excluding hydrogens is 214 g/mol. The van der Waals surface area contributed by atoms with E-state index in [0.29, 0.717) is 6.04 Å². The van der Waals surface area contributed by atoms with Crippen LogP contribution in [0.1, 0.15) is 71.6 Å². The van der Waals surface area contributed by atoms with Gasteiger partial charge in [0.1, 0.15) is 0 Å². The molecule has 1 atom stereocenters. The highest BCUT2D eigenvalue weighted by Crippen LogP contribution is 2.14. The van der Waals surface area contributed by atoms with Crippen LogP contribution >= 0.6 is 0 Å². The highest BCUT2D eigenvalue weighted by molar-refractivity contribution is 5.69. The van der Waals surface area contributed by atoms with Gasteiger partial charge in [0.2, 0.25) is 0 Å². The van der Waals surface area contributed by atoms with Gasteiger partial charge in [-0.15, -0.1) is 0 Å². The summed E-state index contributed by atoms with van der Waals surface area (Å²) >= 11 is 0. The molecule has 3 N–H and O–H groups in total. The van der Waals surface area contributed by atoms with Crippen molar-refractivity contribution in [2.24, 2.45) is 11.7 Å². The molecule has 0 heterocycles. The molecule has 1 aliphatic carbocycles. The van der Waals surface area contributed by atoms with E-state index in [1.807, 2.05) is 6.92 Å². The van der Waals surface area contributed by atoms with Crippen molar-refractivity contribution in [1.82, 2.24) is 0 Å². The summed E-state index contributed by atoms with van der Waals surface area (Å²) in [5.41, 5.74) is 5.63. The lowest BCUT2D eigenvalue weighted by atomic mass is 9.97. The van der Waals surface area contributed by atoms with E-state index in [9.17, 15) is 4.79 Å². The molecule has 0 saturated heterocycles. The molecule has 3 nitrogen and oxygen atoms in total. The first kappa shape index (κ1) is 16.4. The molecule has 1 fully saturated rings. The van der Waals surface area contributed by atoms with Crippen molar-refractivity contribution >= 4 is 5.97 Å². The van der Waals surface area contributed by atoms with Gasteiger partial charge in [-0.25, -0.2) is 0 Å². The summed E-state index contributed by atoms with van der Waals surface area (Å²) in [6.07, 6.45) is 10.4. The molecule has 1 aliphatic rings. The van der Waals surface area contributed by atoms with Gasteiger partial charge in [-0.05, 0) is 25.7 Å². The van der Waals surface area contributed by atoms with Crippen molar-refractivity contribution in [2.45, 2.75) is 77.7 Å². The number of carboxylic acids is 1. The third-order valence-corrected chi connectivity index (χ3v) is 3.40. The largest absolute Gasteiger partial charge is 0.481 e. The molecule has 0 aromatic rings. The van der Waals surface area contributed by atoms with Crippen LogP contribution in [0.25, 0.3) is 0 Å². The average molecular weight is 243 g/mol. The summed E-state index contributed by atoms with van der Waals surface area (Å²) in [7, 11) is 0. The second kappa shape index (κ2) is 10.6. The quantitative estimate of drug-likeness (QED) is 0.776. The Bertz CT molecular complexity index is 189. The number of carboxylic acid groups (broad SMARTS) is 1. The minimum Gasteiger partial charge on any atom is -0.481 e. The molecule has 1 unspecified atom stereocenters. The van der Waals surface area contributed by atoms with E-state index in [0.717, 1.165) is 25.7 Å². The topological polar surface area (TPSA) is 63.3 Å². The maximum Gasteiger partial charge on any atom is 0.306 e. The molecule has 0 radical (unpaired) electrons. The van der Waals surface area contributed by atoms with Crippen LogP contribution in [0.4, 0.5) is 0 Å². The van der Waals surface area contributed by atoms with E-state index >= 15 is 0 Å². The van der Waals surface area contributed by atoms with Gasteiger partial charge in [-0.3, -0.25) is 4.79 Å². The molecule has 0 aromatic carbocycles. The van der Waals surface area contributed by atoms with Gasteiger partial charge >= 0.3 is 5.97 Å². The highest BCUT2D eigenvalue weighted by atomic mass is 16.4. The maximum absolute atomic E-state index is 10.4. The Morgan fingerprint density at radius 2 is 1.88 bits per heavy atom. The van der Waals surface area contributed by atoms with Crippen molar-refractivity contribution in [2.75, 3.05) is 0 Å². The van der Waals surface area contributed by atoms with E-state index in [1.54, 1.807) is 0 Å². The van der Waals surface area contributed by atoms with Gasteiger partial charge < -0.3 is 10.8 Å². The minimum atomic E-state index is -0.643. The Kier molecular flexibility index (Phi) is 10.2. The number of hydrogen-bond donors (Lipinski definition) is 2. The van der Waals surface area contributed by atoms with Crippen molar-refractivity contribution in [3.05, 3.63) is 0 Å². The number of hydrogen-bond acceptors (Lipinski definition) is 2. The predicted octanol–water partition coefficient (Wildman–Crippen LogP) is 3.57. The van der Waals surface area contributed by atoms with Crippen LogP contribution in [-0.2, 0) is 4.79 Å². The van der Waals surface area contributed by atoms with Crippen LogP contribution in [-0.4, -0.2) is 17.1 Å². The second-order valence-electron chi connectivity index (χ2n) is 4.98. The first-order chi connectivity index (χ1) is 8.11. The van der Waals surface area contributed by atoms with Crippen LogP contribution < -0.4 is 5.73 Å². The van der Waals surface area contributed by atoms with Gasteiger partial charge in [-0.2, -0.15) is 0 Å². The van der Waals surface area contributed by atoms with Crippen LogP contribution in [0.2, 0.25) is 0 Å². The van der Waals surface area contributed by atoms with E-state index in [1.165, 1.54) is 32.1 Å². The van der Waals surface area contributed by atoms with Gasteiger partial charge in [0, 0.05) is 6.04 Å². The fourth-order valence-corrected chi connectivity index (χ4v) is 2.09. The van der Waals surface area contributed by atoms with Crippen LogP contribution in [0.5, 0.6) is 0 Å². The van der Waals surface area contributed by atoms with Crippen molar-refractivity contribution in [1.29, 1.82) is 0 Å². The Morgan fingerprint density at radius 1 is 1.29 bits per heavy atom. The van der Waals surface area contributed by atoms with Crippen molar-refractivity contribution < 1.29 is 9.90 Å². The Labute approximate surface area is 106 Å². The van der Waals surface area contributed by atoms with Crippen LogP contribution in [0.3, 0.4) is 0 Å². The summed E-state index contributed by atoms with van der Waals surface area (Å²) in [5, 5.41) is 8.60. The Morgan fingerprint density at radius 3 is 2.18 bits per heavy atom. The lowest BCUT2D eigenvalue weighted by Gasteiger charge is -2.15. The molecule has 1 saturated carbocycles. The molecule has 0 aliphatic heterocycles. The maximum atomic E-state index is 10.4. The molecule has 17 heavy (non-hydrogen) atoms. The summed E-state index contributed by atoms with van der Waals surface area (Å²) in [4.78, 5) is 10.4. The molecule has 3 heteroatoms. The highest BCUT2D eigenvalue weighted by Gasteiger charge is 2.12. The zero-order valence-electron chi connectivity index (χ0n) is 11.5. The number of carbonyl (C=O) groups is 1. The Balaban J connectivity index is 0.000000318. The number of unbranched alkanes of at least 4 members (excludes halogenated alkanes) is 1. The van der Waals surface area contributed by atoms with Gasteiger partial charge in [0.05, 0.1) is 5.92 Å². The molecule has 1 rings (SSSR count). The first-order valence-electron chi connectivity index (χ1n) is 7.10. The molecule has 0 spiro atoms. The fraction of sp³-hybridized carbons (Fsp3) is 0.929. The van der Waals surface area contributed by atoms with Gasteiger partial charge in [0.25, 0.3) is 0 Å². The number of aliphatic carboxylic acids is 1. The molecular formula is C14H29NO2. The van der Waals surface area contributed by atoms with Crippen molar-refractivity contribution in [3.63, 3.8) is 0 Å². The zero-order valence-corrected chi connectivity index (χ0v) is 11.5.